The first-order valence-corrected chi connectivity index (χ1v) is 27.7. The van der Waals surface area contributed by atoms with Crippen molar-refractivity contribution in [2.75, 3.05) is 50.8 Å². The Labute approximate surface area is 302 Å². The minimum Gasteiger partial charge on any atom is -0.356 e. The van der Waals surface area contributed by atoms with Gasteiger partial charge in [-0.05, 0) is 60.1 Å². The highest BCUT2D eigenvalue weighted by Gasteiger charge is 2.48. The molecule has 48 heavy (non-hydrogen) atoms. The summed E-state index contributed by atoms with van der Waals surface area (Å²) < 4.78 is 26.0. The third kappa shape index (κ3) is 14.5. The molecule has 2 aromatic rings. The summed E-state index contributed by atoms with van der Waals surface area (Å²) in [6.07, 6.45) is 5.01. The molecule has 2 aromatic carbocycles. The van der Waals surface area contributed by atoms with Crippen molar-refractivity contribution in [2.45, 2.75) is 102 Å². The molecule has 0 bridgehead atoms. The SMILES string of the molecule is CSCC[C@@H]1[C@H](OCOCC[Si](C)(C)C)[C@@H](OCOCC[Si](C)(C)C)[C@@H](CCSC)N(Cc2ccccc2)C(=O)N1Cc1ccccc1. The lowest BCUT2D eigenvalue weighted by molar-refractivity contribution is -0.188. The van der Waals surface area contributed by atoms with Crippen LogP contribution in [0.2, 0.25) is 51.4 Å². The van der Waals surface area contributed by atoms with E-state index < -0.39 is 28.4 Å². The summed E-state index contributed by atoms with van der Waals surface area (Å²) in [5, 5.41) is 0. The van der Waals surface area contributed by atoms with E-state index in [4.69, 9.17) is 18.9 Å². The van der Waals surface area contributed by atoms with E-state index in [0.29, 0.717) is 26.3 Å². The second-order valence-corrected chi connectivity index (χ2v) is 28.4. The lowest BCUT2D eigenvalue weighted by atomic mass is 9.94. The van der Waals surface area contributed by atoms with Crippen molar-refractivity contribution in [1.29, 1.82) is 0 Å². The summed E-state index contributed by atoms with van der Waals surface area (Å²) >= 11 is 3.59. The zero-order valence-corrected chi connectivity index (χ0v) is 34.5. The van der Waals surface area contributed by atoms with Gasteiger partial charge in [0, 0.05) is 42.5 Å². The van der Waals surface area contributed by atoms with Gasteiger partial charge in [0.25, 0.3) is 0 Å². The monoisotopic (exact) mass is 734 g/mol. The van der Waals surface area contributed by atoms with Gasteiger partial charge in [0.15, 0.2) is 0 Å². The highest BCUT2D eigenvalue weighted by molar-refractivity contribution is 7.98. The molecule has 3 rings (SSSR count). The molecule has 1 fully saturated rings. The van der Waals surface area contributed by atoms with E-state index >= 15 is 4.79 Å². The van der Waals surface area contributed by atoms with E-state index in [2.05, 4.69) is 85.9 Å². The smallest absolute Gasteiger partial charge is 0.321 e. The van der Waals surface area contributed by atoms with Crippen LogP contribution in [0, 0.1) is 0 Å². The van der Waals surface area contributed by atoms with Gasteiger partial charge in [-0.2, -0.15) is 23.5 Å². The minimum absolute atomic E-state index is 0.0268. The number of nitrogens with zero attached hydrogens (tertiary/aromatic N) is 2. The molecule has 0 saturated carbocycles. The predicted octanol–water partition coefficient (Wildman–Crippen LogP) is 8.76. The summed E-state index contributed by atoms with van der Waals surface area (Å²) in [5.74, 6) is 1.79. The number of hydrogen-bond acceptors (Lipinski definition) is 7. The number of ether oxygens (including phenoxy) is 4. The average Bonchev–Trinajstić information content (AvgIpc) is 3.11. The largest absolute Gasteiger partial charge is 0.356 e. The zero-order chi connectivity index (χ0) is 35.0. The van der Waals surface area contributed by atoms with Crippen LogP contribution < -0.4 is 0 Å². The maximum absolute atomic E-state index is 15.0. The minimum atomic E-state index is -1.26. The van der Waals surface area contributed by atoms with E-state index in [9.17, 15) is 0 Å². The van der Waals surface area contributed by atoms with Crippen molar-refractivity contribution in [2.24, 2.45) is 0 Å². The van der Waals surface area contributed by atoms with Gasteiger partial charge >= 0.3 is 6.03 Å². The molecule has 0 spiro atoms. The summed E-state index contributed by atoms with van der Waals surface area (Å²) in [7, 11) is -2.52. The van der Waals surface area contributed by atoms with Crippen LogP contribution in [0.15, 0.2) is 60.7 Å². The van der Waals surface area contributed by atoms with Gasteiger partial charge in [-0.3, -0.25) is 0 Å². The summed E-state index contributed by atoms with van der Waals surface area (Å²) in [6.45, 7) is 16.8. The first-order chi connectivity index (χ1) is 22.9. The maximum atomic E-state index is 15.0. The number of carbonyl (C=O) groups excluding carboxylic acids is 1. The molecule has 270 valence electrons. The van der Waals surface area contributed by atoms with Gasteiger partial charge in [-0.1, -0.05) is 99.9 Å². The number of amides is 2. The molecular formula is C37H62N2O5S2Si2. The molecule has 1 heterocycles. The lowest BCUT2D eigenvalue weighted by Crippen LogP contribution is -2.52. The number of hydrogen-bond donors (Lipinski definition) is 0. The van der Waals surface area contributed by atoms with Crippen LogP contribution in [0.4, 0.5) is 4.79 Å². The van der Waals surface area contributed by atoms with E-state index in [1.54, 1.807) is 23.5 Å². The van der Waals surface area contributed by atoms with Crippen LogP contribution in [-0.2, 0) is 32.0 Å². The Morgan fingerprint density at radius 1 is 0.625 bits per heavy atom. The maximum Gasteiger partial charge on any atom is 0.321 e. The first kappa shape index (κ1) is 41.1. The normalized spacial score (nSPS) is 20.7. The molecule has 0 unspecified atom stereocenters. The van der Waals surface area contributed by atoms with Crippen LogP contribution in [0.5, 0.6) is 0 Å². The van der Waals surface area contributed by atoms with Crippen molar-refractivity contribution in [3.63, 3.8) is 0 Å². The molecule has 7 nitrogen and oxygen atoms in total. The summed E-state index contributed by atoms with van der Waals surface area (Å²) in [6, 6.07) is 22.4. The van der Waals surface area contributed by atoms with Crippen LogP contribution in [0.3, 0.4) is 0 Å². The third-order valence-electron chi connectivity index (χ3n) is 8.68. The molecule has 0 radical (unpaired) electrons. The number of urea groups is 1. The molecule has 2 amide bonds. The highest BCUT2D eigenvalue weighted by Crippen LogP contribution is 2.33. The predicted molar refractivity (Wildman–Crippen MR) is 211 cm³/mol. The first-order valence-electron chi connectivity index (χ1n) is 17.4. The van der Waals surface area contributed by atoms with Gasteiger partial charge in [0.2, 0.25) is 0 Å². The fourth-order valence-electron chi connectivity index (χ4n) is 5.83. The molecule has 11 heteroatoms. The number of benzene rings is 2. The number of carbonyl (C=O) groups is 1. The molecule has 1 aliphatic rings. The molecule has 0 N–H and O–H groups in total. The van der Waals surface area contributed by atoms with E-state index in [-0.39, 0.29) is 31.7 Å². The number of rotatable bonds is 22. The zero-order valence-electron chi connectivity index (χ0n) is 30.8. The van der Waals surface area contributed by atoms with Crippen molar-refractivity contribution in [1.82, 2.24) is 9.80 Å². The van der Waals surface area contributed by atoms with Crippen molar-refractivity contribution < 1.29 is 23.7 Å². The van der Waals surface area contributed by atoms with Gasteiger partial charge in [0.1, 0.15) is 25.8 Å². The van der Waals surface area contributed by atoms with Crippen molar-refractivity contribution in [3.8, 4) is 0 Å². The molecule has 1 saturated heterocycles. The Kier molecular flexibility index (Phi) is 18.1. The summed E-state index contributed by atoms with van der Waals surface area (Å²) in [4.78, 5) is 19.2. The van der Waals surface area contributed by atoms with Crippen LogP contribution in [-0.4, -0.2) is 107 Å². The van der Waals surface area contributed by atoms with E-state index in [1.165, 1.54) is 0 Å². The van der Waals surface area contributed by atoms with Gasteiger partial charge in [-0.25, -0.2) is 4.79 Å². The second kappa shape index (κ2) is 21.1. The Morgan fingerprint density at radius 3 is 1.33 bits per heavy atom. The second-order valence-electron chi connectivity index (χ2n) is 15.1. The fraction of sp³-hybridized carbons (Fsp3) is 0.649. The Hall–Kier alpha value is -1.32. The molecule has 4 atom stereocenters. The Bertz CT molecular complexity index is 1080. The lowest BCUT2D eigenvalue weighted by Gasteiger charge is -2.38. The average molecular weight is 735 g/mol. The van der Waals surface area contributed by atoms with Gasteiger partial charge in [-0.15, -0.1) is 0 Å². The van der Waals surface area contributed by atoms with Crippen LogP contribution in [0.1, 0.15) is 24.0 Å². The highest BCUT2D eigenvalue weighted by atomic mass is 32.2. The van der Waals surface area contributed by atoms with Crippen molar-refractivity contribution in [3.05, 3.63) is 71.8 Å². The topological polar surface area (TPSA) is 60.5 Å². The fourth-order valence-corrected chi connectivity index (χ4v) is 8.30. The van der Waals surface area contributed by atoms with Crippen LogP contribution >= 0.6 is 23.5 Å². The quantitative estimate of drug-likeness (QED) is 0.0681. The van der Waals surface area contributed by atoms with E-state index in [1.807, 2.05) is 36.4 Å². The molecule has 0 aromatic heterocycles. The van der Waals surface area contributed by atoms with Crippen LogP contribution in [0.25, 0.3) is 0 Å². The molecular weight excluding hydrogens is 673 g/mol. The standard InChI is InChI=1S/C37H62N2O5S2Si2/c1-45-23-19-33-35(43-29-41-21-25-47(3,4)5)36(44-30-42-22-26-48(6,7)8)34(20-24-46-2)39(28-32-17-13-10-14-18-32)37(40)38(33)27-31-15-11-9-12-16-31/h9-18,33-36H,19-30H2,1-8H3/t33-,34-,35+,36+/m1/s1. The van der Waals surface area contributed by atoms with Gasteiger partial charge in [0.05, 0.1) is 12.1 Å². The third-order valence-corrected chi connectivity index (χ3v) is 13.4. The van der Waals surface area contributed by atoms with Crippen molar-refractivity contribution >= 4 is 45.7 Å². The van der Waals surface area contributed by atoms with Gasteiger partial charge < -0.3 is 28.7 Å². The molecule has 0 aliphatic carbocycles. The molecule has 1 aliphatic heterocycles. The van der Waals surface area contributed by atoms with E-state index in [0.717, 1.165) is 47.6 Å². The number of thioether (sulfide) groups is 2. The summed E-state index contributed by atoms with van der Waals surface area (Å²) in [5.41, 5.74) is 2.19. The Balaban J connectivity index is 2.07. The Morgan fingerprint density at radius 2 is 1.00 bits per heavy atom.